The molecular formula is C20H30N2O4. The van der Waals surface area contributed by atoms with E-state index in [0.29, 0.717) is 25.9 Å². The van der Waals surface area contributed by atoms with Crippen LogP contribution in [-0.2, 0) is 16.1 Å². The largest absolute Gasteiger partial charge is 0.444 e. The van der Waals surface area contributed by atoms with E-state index in [-0.39, 0.29) is 12.5 Å². The van der Waals surface area contributed by atoms with Crippen molar-refractivity contribution in [3.8, 4) is 0 Å². The third-order valence-corrected chi connectivity index (χ3v) is 4.78. The number of ether oxygens (including phenoxy) is 1. The Kier molecular flexibility index (Phi) is 7.91. The fourth-order valence-electron chi connectivity index (χ4n) is 3.27. The summed E-state index contributed by atoms with van der Waals surface area (Å²) >= 11 is 0. The number of carbonyl (C=O) groups excluding carboxylic acids is 2. The van der Waals surface area contributed by atoms with Gasteiger partial charge in [-0.2, -0.15) is 0 Å². The minimum Gasteiger partial charge on any atom is -0.444 e. The van der Waals surface area contributed by atoms with E-state index < -0.39 is 18.4 Å². The normalized spacial score (nSPS) is 19.4. The molecule has 1 aromatic carbocycles. The van der Waals surface area contributed by atoms with Crippen LogP contribution in [0.4, 0.5) is 4.79 Å². The summed E-state index contributed by atoms with van der Waals surface area (Å²) in [6, 6.07) is 8.72. The molecule has 6 nitrogen and oxygen atoms in total. The molecule has 2 rings (SSSR count). The van der Waals surface area contributed by atoms with Crippen LogP contribution in [-0.4, -0.2) is 52.3 Å². The van der Waals surface area contributed by atoms with Gasteiger partial charge >= 0.3 is 6.09 Å². The van der Waals surface area contributed by atoms with Crippen molar-refractivity contribution in [2.24, 2.45) is 0 Å². The Morgan fingerprint density at radius 3 is 2.58 bits per heavy atom. The number of hydrogen-bond acceptors (Lipinski definition) is 4. The van der Waals surface area contributed by atoms with Gasteiger partial charge in [-0.05, 0) is 31.7 Å². The number of unbranched alkanes of at least 4 members (excludes halogenated alkanes) is 2. The Morgan fingerprint density at radius 2 is 1.92 bits per heavy atom. The zero-order valence-corrected chi connectivity index (χ0v) is 15.8. The average molecular weight is 362 g/mol. The van der Waals surface area contributed by atoms with Gasteiger partial charge in [-0.1, -0.05) is 50.1 Å². The fraction of sp³-hybridized carbons (Fsp3) is 0.600. The van der Waals surface area contributed by atoms with E-state index in [1.54, 1.807) is 4.90 Å². The van der Waals surface area contributed by atoms with Crippen molar-refractivity contribution in [3.63, 3.8) is 0 Å². The first-order valence-corrected chi connectivity index (χ1v) is 9.54. The number of nitrogens with zero attached hydrogens (tertiary/aromatic N) is 2. The molecule has 0 aromatic heterocycles. The molecule has 144 valence electrons. The number of aliphatic hydroxyl groups excluding tert-OH is 1. The minimum absolute atomic E-state index is 0.100. The monoisotopic (exact) mass is 362 g/mol. The van der Waals surface area contributed by atoms with E-state index in [0.717, 1.165) is 24.8 Å². The first-order chi connectivity index (χ1) is 12.6. The Bertz CT molecular complexity index is 578. The first kappa shape index (κ1) is 20.2. The van der Waals surface area contributed by atoms with Gasteiger partial charge < -0.3 is 14.7 Å². The van der Waals surface area contributed by atoms with Gasteiger partial charge in [0.05, 0.1) is 0 Å². The second kappa shape index (κ2) is 10.2. The molecule has 1 fully saturated rings. The zero-order valence-electron chi connectivity index (χ0n) is 15.8. The van der Waals surface area contributed by atoms with Gasteiger partial charge in [0.2, 0.25) is 5.91 Å². The van der Waals surface area contributed by atoms with Crippen LogP contribution in [0.2, 0.25) is 0 Å². The van der Waals surface area contributed by atoms with Crippen molar-refractivity contribution in [1.29, 1.82) is 0 Å². The van der Waals surface area contributed by atoms with E-state index in [2.05, 4.69) is 6.92 Å². The SMILES string of the molecule is CCCCCN(CC)C(=O)[C@@H]1CCC(O)N1C(=O)OCc1ccccc1. The van der Waals surface area contributed by atoms with Crippen LogP contribution in [0.25, 0.3) is 0 Å². The lowest BCUT2D eigenvalue weighted by atomic mass is 10.1. The smallest absolute Gasteiger partial charge is 0.412 e. The van der Waals surface area contributed by atoms with E-state index >= 15 is 0 Å². The highest BCUT2D eigenvalue weighted by Crippen LogP contribution is 2.25. The van der Waals surface area contributed by atoms with Crippen LogP contribution in [0, 0.1) is 0 Å². The zero-order chi connectivity index (χ0) is 18.9. The van der Waals surface area contributed by atoms with Crippen molar-refractivity contribution in [2.75, 3.05) is 13.1 Å². The van der Waals surface area contributed by atoms with Gasteiger partial charge in [0.15, 0.2) is 0 Å². The number of hydrogen-bond donors (Lipinski definition) is 1. The molecule has 1 aliphatic rings. The summed E-state index contributed by atoms with van der Waals surface area (Å²) in [6.07, 6.45) is 2.35. The Balaban J connectivity index is 1.98. The maximum atomic E-state index is 12.9. The van der Waals surface area contributed by atoms with Crippen LogP contribution in [0.3, 0.4) is 0 Å². The van der Waals surface area contributed by atoms with Crippen LogP contribution in [0.5, 0.6) is 0 Å². The molecule has 0 bridgehead atoms. The molecule has 0 radical (unpaired) electrons. The number of likely N-dealkylation sites (tertiary alicyclic amines) is 1. The van der Waals surface area contributed by atoms with Gasteiger partial charge in [0.1, 0.15) is 18.9 Å². The summed E-state index contributed by atoms with van der Waals surface area (Å²) in [5.74, 6) is -0.100. The Hall–Kier alpha value is -2.08. The molecule has 1 N–H and O–H groups in total. The lowest BCUT2D eigenvalue weighted by Gasteiger charge is -2.30. The lowest BCUT2D eigenvalue weighted by molar-refractivity contribution is -0.137. The highest BCUT2D eigenvalue weighted by atomic mass is 16.6. The molecule has 1 aliphatic heterocycles. The molecule has 1 aromatic rings. The molecule has 1 saturated heterocycles. The van der Waals surface area contributed by atoms with Gasteiger partial charge in [-0.15, -0.1) is 0 Å². The van der Waals surface area contributed by atoms with Crippen molar-refractivity contribution in [1.82, 2.24) is 9.80 Å². The number of carbonyl (C=O) groups is 2. The fourth-order valence-corrected chi connectivity index (χ4v) is 3.27. The van der Waals surface area contributed by atoms with E-state index in [1.807, 2.05) is 37.3 Å². The molecule has 6 heteroatoms. The molecule has 0 saturated carbocycles. The number of likely N-dealkylation sites (N-methyl/N-ethyl adjacent to an activating group) is 1. The summed E-state index contributed by atoms with van der Waals surface area (Å²) in [5.41, 5.74) is 0.868. The minimum atomic E-state index is -0.971. The predicted molar refractivity (Wildman–Crippen MR) is 99.3 cm³/mol. The van der Waals surface area contributed by atoms with Gasteiger partial charge in [-0.3, -0.25) is 9.69 Å². The van der Waals surface area contributed by atoms with E-state index in [4.69, 9.17) is 4.74 Å². The second-order valence-electron chi connectivity index (χ2n) is 6.65. The molecular weight excluding hydrogens is 332 g/mol. The highest BCUT2D eigenvalue weighted by Gasteiger charge is 2.42. The van der Waals surface area contributed by atoms with Crippen LogP contribution in [0.1, 0.15) is 51.5 Å². The van der Waals surface area contributed by atoms with E-state index in [1.165, 1.54) is 4.90 Å². The summed E-state index contributed by atoms with van der Waals surface area (Å²) < 4.78 is 5.33. The number of benzene rings is 1. The van der Waals surface area contributed by atoms with Crippen molar-refractivity contribution in [3.05, 3.63) is 35.9 Å². The van der Waals surface area contributed by atoms with Crippen molar-refractivity contribution < 1.29 is 19.4 Å². The average Bonchev–Trinajstić information content (AvgIpc) is 3.05. The molecule has 0 aliphatic carbocycles. The third-order valence-electron chi connectivity index (χ3n) is 4.78. The van der Waals surface area contributed by atoms with Gasteiger partial charge in [0, 0.05) is 13.1 Å². The lowest BCUT2D eigenvalue weighted by Crippen LogP contribution is -2.50. The summed E-state index contributed by atoms with van der Waals surface area (Å²) in [6.45, 7) is 5.46. The topological polar surface area (TPSA) is 70.1 Å². The molecule has 2 amide bonds. The van der Waals surface area contributed by atoms with Crippen LogP contribution in [0.15, 0.2) is 30.3 Å². The molecule has 1 heterocycles. The highest BCUT2D eigenvalue weighted by molar-refractivity contribution is 5.86. The number of amides is 2. The van der Waals surface area contributed by atoms with Crippen molar-refractivity contribution >= 4 is 12.0 Å². The van der Waals surface area contributed by atoms with E-state index in [9.17, 15) is 14.7 Å². The second-order valence-corrected chi connectivity index (χ2v) is 6.65. The van der Waals surface area contributed by atoms with Gasteiger partial charge in [-0.25, -0.2) is 4.79 Å². The molecule has 26 heavy (non-hydrogen) atoms. The Morgan fingerprint density at radius 1 is 1.19 bits per heavy atom. The van der Waals surface area contributed by atoms with Crippen LogP contribution < -0.4 is 0 Å². The summed E-state index contributed by atoms with van der Waals surface area (Å²) in [5, 5.41) is 10.2. The Labute approximate surface area is 155 Å². The van der Waals surface area contributed by atoms with Crippen LogP contribution >= 0.6 is 0 Å². The quantitative estimate of drug-likeness (QED) is 0.721. The molecule has 2 atom stereocenters. The van der Waals surface area contributed by atoms with Crippen molar-refractivity contribution in [2.45, 2.75) is 64.8 Å². The maximum Gasteiger partial charge on any atom is 0.412 e. The van der Waals surface area contributed by atoms with Gasteiger partial charge in [0.25, 0.3) is 0 Å². The summed E-state index contributed by atoms with van der Waals surface area (Å²) in [7, 11) is 0. The first-order valence-electron chi connectivity index (χ1n) is 9.54. The summed E-state index contributed by atoms with van der Waals surface area (Å²) in [4.78, 5) is 28.3. The standard InChI is InChI=1S/C20H30N2O4/c1-3-5-9-14-21(4-2)19(24)17-12-13-18(23)22(17)20(25)26-15-16-10-7-6-8-11-16/h6-8,10-11,17-18,23H,3-5,9,12-15H2,1-2H3/t17-,18?/m0/s1. The molecule has 1 unspecified atom stereocenters. The predicted octanol–water partition coefficient (Wildman–Crippen LogP) is 3.14. The number of rotatable bonds is 8. The molecule has 0 spiro atoms. The third kappa shape index (κ3) is 5.21. The maximum absolute atomic E-state index is 12.9. The number of aliphatic hydroxyl groups is 1.